The van der Waals surface area contributed by atoms with E-state index in [2.05, 4.69) is 15.4 Å². The van der Waals surface area contributed by atoms with E-state index in [9.17, 15) is 9.59 Å². The van der Waals surface area contributed by atoms with Crippen LogP contribution in [0.4, 0.5) is 5.69 Å². The number of anilines is 1. The molecule has 2 amide bonds. The molecule has 0 saturated carbocycles. The fraction of sp³-hybridized carbons (Fsp3) is 0.158. The summed E-state index contributed by atoms with van der Waals surface area (Å²) in [6.45, 7) is -0.373. The Balaban J connectivity index is 1.94. The first-order chi connectivity index (χ1) is 14.4. The molecule has 11 heteroatoms. The van der Waals surface area contributed by atoms with Crippen LogP contribution in [0.1, 0.15) is 10.4 Å². The molecule has 3 aromatic rings. The van der Waals surface area contributed by atoms with Crippen LogP contribution in [0.5, 0.6) is 17.2 Å². The Morgan fingerprint density at radius 1 is 1.17 bits per heavy atom. The maximum Gasteiger partial charge on any atom is 0.256 e. The van der Waals surface area contributed by atoms with Gasteiger partial charge in [0.1, 0.15) is 12.7 Å². The van der Waals surface area contributed by atoms with Crippen molar-refractivity contribution in [3.05, 3.63) is 53.6 Å². The van der Waals surface area contributed by atoms with Crippen LogP contribution in [-0.4, -0.2) is 47.4 Å². The number of aromatic nitrogens is 3. The molecule has 0 aliphatic heterocycles. The van der Waals surface area contributed by atoms with Gasteiger partial charge in [0.15, 0.2) is 18.1 Å². The van der Waals surface area contributed by atoms with E-state index < -0.39 is 11.8 Å². The number of amides is 2. The second kappa shape index (κ2) is 9.14. The average Bonchev–Trinajstić information content (AvgIpc) is 3.26. The van der Waals surface area contributed by atoms with E-state index in [1.807, 2.05) is 0 Å². The fourth-order valence-corrected chi connectivity index (χ4v) is 2.80. The van der Waals surface area contributed by atoms with E-state index in [1.165, 1.54) is 43.7 Å². The normalized spacial score (nSPS) is 10.4. The minimum absolute atomic E-state index is 0.154. The van der Waals surface area contributed by atoms with E-state index >= 15 is 0 Å². The molecule has 1 heterocycles. The number of methoxy groups -OCH3 is 2. The number of carbonyl (C=O) groups is 2. The predicted molar refractivity (Wildman–Crippen MR) is 109 cm³/mol. The van der Waals surface area contributed by atoms with Gasteiger partial charge in [-0.2, -0.15) is 5.10 Å². The fourth-order valence-electron chi connectivity index (χ4n) is 2.63. The van der Waals surface area contributed by atoms with Gasteiger partial charge in [0.25, 0.3) is 11.8 Å². The number of carbonyl (C=O) groups excluding carboxylic acids is 2. The largest absolute Gasteiger partial charge is 0.493 e. The summed E-state index contributed by atoms with van der Waals surface area (Å²) in [4.78, 5) is 27.9. The molecule has 0 unspecified atom stereocenters. The van der Waals surface area contributed by atoms with Crippen molar-refractivity contribution in [1.29, 1.82) is 0 Å². The molecule has 0 atom stereocenters. The molecule has 2 aromatic carbocycles. The third-order valence-electron chi connectivity index (χ3n) is 3.95. The molecule has 3 rings (SSSR count). The first-order valence-corrected chi connectivity index (χ1v) is 8.93. The maximum absolute atomic E-state index is 12.9. The van der Waals surface area contributed by atoms with Crippen molar-refractivity contribution in [2.24, 2.45) is 5.73 Å². The van der Waals surface area contributed by atoms with Crippen LogP contribution >= 0.6 is 11.6 Å². The van der Waals surface area contributed by atoms with E-state index in [4.69, 9.17) is 31.5 Å². The summed E-state index contributed by atoms with van der Waals surface area (Å²) in [6, 6.07) is 7.87. The molecule has 10 nitrogen and oxygen atoms in total. The van der Waals surface area contributed by atoms with Gasteiger partial charge in [0.05, 0.1) is 25.6 Å². The lowest BCUT2D eigenvalue weighted by atomic mass is 10.1. The molecule has 30 heavy (non-hydrogen) atoms. The highest BCUT2D eigenvalue weighted by Gasteiger charge is 2.19. The Morgan fingerprint density at radius 2 is 1.87 bits per heavy atom. The zero-order valence-electron chi connectivity index (χ0n) is 16.1. The molecule has 0 bridgehead atoms. The van der Waals surface area contributed by atoms with Gasteiger partial charge in [-0.3, -0.25) is 9.59 Å². The van der Waals surface area contributed by atoms with Gasteiger partial charge in [0, 0.05) is 10.6 Å². The number of rotatable bonds is 8. The highest BCUT2D eigenvalue weighted by molar-refractivity contribution is 6.31. The van der Waals surface area contributed by atoms with Gasteiger partial charge in [-0.25, -0.2) is 9.67 Å². The Hall–Kier alpha value is -3.79. The molecule has 0 fully saturated rings. The second-order valence-electron chi connectivity index (χ2n) is 5.92. The van der Waals surface area contributed by atoms with Gasteiger partial charge in [-0.1, -0.05) is 11.6 Å². The highest BCUT2D eigenvalue weighted by Crippen LogP contribution is 2.39. The number of hydrogen-bond donors (Lipinski definition) is 2. The van der Waals surface area contributed by atoms with Crippen molar-refractivity contribution in [3.8, 4) is 22.9 Å². The molecule has 0 aliphatic carbocycles. The Bertz CT molecular complexity index is 1050. The number of hydrogen-bond acceptors (Lipinski definition) is 7. The number of nitrogens with two attached hydrogens (primary N) is 1. The van der Waals surface area contributed by atoms with E-state index in [0.29, 0.717) is 16.4 Å². The third-order valence-corrected chi connectivity index (χ3v) is 4.19. The molecule has 0 spiro atoms. The molecule has 3 N–H and O–H groups in total. The van der Waals surface area contributed by atoms with E-state index in [0.717, 1.165) is 0 Å². The summed E-state index contributed by atoms with van der Waals surface area (Å²) >= 11 is 6.09. The summed E-state index contributed by atoms with van der Waals surface area (Å²) in [7, 11) is 2.79. The van der Waals surface area contributed by atoms with Crippen molar-refractivity contribution in [2.45, 2.75) is 0 Å². The summed E-state index contributed by atoms with van der Waals surface area (Å²) in [5.41, 5.74) is 6.34. The second-order valence-corrected chi connectivity index (χ2v) is 6.36. The average molecular weight is 432 g/mol. The molecule has 156 valence electrons. The van der Waals surface area contributed by atoms with Gasteiger partial charge < -0.3 is 25.3 Å². The molecular weight excluding hydrogens is 414 g/mol. The number of primary amides is 1. The summed E-state index contributed by atoms with van der Waals surface area (Å²) in [6.07, 6.45) is 2.87. The van der Waals surface area contributed by atoms with Crippen molar-refractivity contribution in [3.63, 3.8) is 0 Å². The van der Waals surface area contributed by atoms with Gasteiger partial charge in [0.2, 0.25) is 5.75 Å². The lowest BCUT2D eigenvalue weighted by Crippen LogP contribution is -2.20. The van der Waals surface area contributed by atoms with Crippen LogP contribution in [0.15, 0.2) is 43.0 Å². The third kappa shape index (κ3) is 4.61. The number of halogens is 1. The SMILES string of the molecule is COc1cc(C(=O)Nc2cc(Cl)ccc2-n2cncn2)cc(OC)c1OCC(N)=O. The Labute approximate surface area is 176 Å². The standard InChI is InChI=1S/C19H18ClN5O5/c1-28-15-5-11(6-16(29-2)18(15)30-8-17(21)26)19(27)24-13-7-12(20)3-4-14(13)25-10-22-9-23-25/h3-7,9-10H,8H2,1-2H3,(H2,21,26)(H,24,27). The van der Waals surface area contributed by atoms with Crippen LogP contribution in [0.25, 0.3) is 5.69 Å². The maximum atomic E-state index is 12.9. The summed E-state index contributed by atoms with van der Waals surface area (Å²) < 4.78 is 17.4. The smallest absolute Gasteiger partial charge is 0.256 e. The number of benzene rings is 2. The zero-order chi connectivity index (χ0) is 21.7. The van der Waals surface area contributed by atoms with E-state index in [1.54, 1.807) is 18.2 Å². The van der Waals surface area contributed by atoms with E-state index in [-0.39, 0.29) is 29.4 Å². The minimum Gasteiger partial charge on any atom is -0.493 e. The van der Waals surface area contributed by atoms with Gasteiger partial charge in [-0.15, -0.1) is 0 Å². The topological polar surface area (TPSA) is 131 Å². The number of nitrogens with one attached hydrogen (secondary N) is 1. The Kier molecular flexibility index (Phi) is 6.38. The molecule has 1 aromatic heterocycles. The summed E-state index contributed by atoms with van der Waals surface area (Å²) in [5, 5.41) is 7.30. The number of ether oxygens (including phenoxy) is 3. The van der Waals surface area contributed by atoms with Crippen LogP contribution in [0.3, 0.4) is 0 Å². The highest BCUT2D eigenvalue weighted by atomic mass is 35.5. The molecule has 0 saturated heterocycles. The van der Waals surface area contributed by atoms with Crippen LogP contribution < -0.4 is 25.3 Å². The lowest BCUT2D eigenvalue weighted by molar-refractivity contribution is -0.120. The van der Waals surface area contributed by atoms with Crippen molar-refractivity contribution in [2.75, 3.05) is 26.1 Å². The quantitative estimate of drug-likeness (QED) is 0.558. The van der Waals surface area contributed by atoms with Crippen molar-refractivity contribution in [1.82, 2.24) is 14.8 Å². The van der Waals surface area contributed by atoms with Gasteiger partial charge in [-0.05, 0) is 30.3 Å². The summed E-state index contributed by atoms with van der Waals surface area (Å²) in [5.74, 6) is -0.577. The lowest BCUT2D eigenvalue weighted by Gasteiger charge is -2.16. The molecule has 0 radical (unpaired) electrons. The Morgan fingerprint density at radius 3 is 2.43 bits per heavy atom. The minimum atomic E-state index is -0.664. The number of nitrogens with zero attached hydrogens (tertiary/aromatic N) is 3. The van der Waals surface area contributed by atoms with Crippen molar-refractivity contribution >= 4 is 29.1 Å². The first-order valence-electron chi connectivity index (χ1n) is 8.56. The van der Waals surface area contributed by atoms with Gasteiger partial charge >= 0.3 is 0 Å². The van der Waals surface area contributed by atoms with Crippen LogP contribution in [-0.2, 0) is 4.79 Å². The molecule has 0 aliphatic rings. The monoisotopic (exact) mass is 431 g/mol. The van der Waals surface area contributed by atoms with Crippen molar-refractivity contribution < 1.29 is 23.8 Å². The van der Waals surface area contributed by atoms with Crippen LogP contribution in [0, 0.1) is 0 Å². The van der Waals surface area contributed by atoms with Crippen LogP contribution in [0.2, 0.25) is 5.02 Å². The first kappa shape index (κ1) is 20.9. The zero-order valence-corrected chi connectivity index (χ0v) is 16.8. The predicted octanol–water partition coefficient (Wildman–Crippen LogP) is 2.05. The molecular formula is C19H18ClN5O5.